The van der Waals surface area contributed by atoms with Crippen LogP contribution in [-0.2, 0) is 6.42 Å². The lowest BCUT2D eigenvalue weighted by Crippen LogP contribution is -2.37. The zero-order valence-corrected chi connectivity index (χ0v) is 11.9. The van der Waals surface area contributed by atoms with Gasteiger partial charge in [-0.1, -0.05) is 44.2 Å². The van der Waals surface area contributed by atoms with E-state index >= 15 is 0 Å². The second-order valence-corrected chi connectivity index (χ2v) is 5.31. The van der Waals surface area contributed by atoms with E-state index in [1.54, 1.807) is 6.92 Å². The van der Waals surface area contributed by atoms with Crippen molar-refractivity contribution in [2.75, 3.05) is 6.61 Å². The Morgan fingerprint density at radius 3 is 2.26 bits per heavy atom. The van der Waals surface area contributed by atoms with Crippen LogP contribution in [0.15, 0.2) is 30.3 Å². The van der Waals surface area contributed by atoms with E-state index in [9.17, 15) is 10.2 Å². The van der Waals surface area contributed by atoms with Crippen molar-refractivity contribution in [1.82, 2.24) is 0 Å². The lowest BCUT2D eigenvalue weighted by Gasteiger charge is -2.29. The minimum Gasteiger partial charge on any atom is -0.396 e. The molecular formula is C16H26O3. The molecule has 0 spiro atoms. The third-order valence-corrected chi connectivity index (χ3v) is 3.85. The zero-order chi connectivity index (χ0) is 14.3. The average molecular weight is 266 g/mol. The van der Waals surface area contributed by atoms with Crippen LogP contribution in [0.3, 0.4) is 0 Å². The van der Waals surface area contributed by atoms with Crippen molar-refractivity contribution in [3.05, 3.63) is 35.9 Å². The molecule has 3 heteroatoms. The van der Waals surface area contributed by atoms with Crippen LogP contribution in [0.1, 0.15) is 32.3 Å². The van der Waals surface area contributed by atoms with E-state index in [1.807, 2.05) is 37.3 Å². The summed E-state index contributed by atoms with van der Waals surface area (Å²) in [5.41, 5.74) is 1.20. The minimum atomic E-state index is -0.652. The molecular weight excluding hydrogens is 240 g/mol. The van der Waals surface area contributed by atoms with E-state index in [1.165, 1.54) is 5.56 Å². The van der Waals surface area contributed by atoms with Crippen LogP contribution in [0.5, 0.6) is 0 Å². The van der Waals surface area contributed by atoms with Crippen molar-refractivity contribution >= 4 is 0 Å². The summed E-state index contributed by atoms with van der Waals surface area (Å²) in [6, 6.07) is 10.0. The van der Waals surface area contributed by atoms with Gasteiger partial charge in [-0.15, -0.1) is 0 Å². The van der Waals surface area contributed by atoms with Gasteiger partial charge in [-0.2, -0.15) is 0 Å². The molecule has 0 heterocycles. The van der Waals surface area contributed by atoms with Crippen LogP contribution >= 0.6 is 0 Å². The molecule has 0 aliphatic rings. The summed E-state index contributed by atoms with van der Waals surface area (Å²) in [6.45, 7) is 3.71. The lowest BCUT2D eigenvalue weighted by atomic mass is 9.84. The average Bonchev–Trinajstić information content (AvgIpc) is 2.45. The van der Waals surface area contributed by atoms with Crippen LogP contribution in [-0.4, -0.2) is 34.1 Å². The largest absolute Gasteiger partial charge is 0.396 e. The normalized spacial score (nSPS) is 17.7. The van der Waals surface area contributed by atoms with Crippen molar-refractivity contribution < 1.29 is 15.3 Å². The summed E-state index contributed by atoms with van der Waals surface area (Å²) in [5.74, 6) is -0.373. The van der Waals surface area contributed by atoms with Gasteiger partial charge in [0.05, 0.1) is 12.2 Å². The highest BCUT2D eigenvalue weighted by molar-refractivity contribution is 5.14. The summed E-state index contributed by atoms with van der Waals surface area (Å²) in [4.78, 5) is 0. The van der Waals surface area contributed by atoms with Crippen LogP contribution in [0.2, 0.25) is 0 Å². The quantitative estimate of drug-likeness (QED) is 0.674. The first-order valence-electron chi connectivity index (χ1n) is 7.11. The summed E-state index contributed by atoms with van der Waals surface area (Å²) >= 11 is 0. The number of aliphatic hydroxyl groups is 3. The number of aliphatic hydroxyl groups excluding tert-OH is 3. The van der Waals surface area contributed by atoms with E-state index in [0.717, 1.165) is 6.42 Å². The Balaban J connectivity index is 2.52. The van der Waals surface area contributed by atoms with E-state index in [-0.39, 0.29) is 18.4 Å². The van der Waals surface area contributed by atoms with E-state index in [2.05, 4.69) is 0 Å². The number of hydrogen-bond donors (Lipinski definition) is 3. The molecule has 0 fully saturated rings. The van der Waals surface area contributed by atoms with Gasteiger partial charge < -0.3 is 15.3 Å². The highest BCUT2D eigenvalue weighted by atomic mass is 16.3. The van der Waals surface area contributed by atoms with Gasteiger partial charge in [-0.3, -0.25) is 0 Å². The molecule has 0 amide bonds. The van der Waals surface area contributed by atoms with Crippen LogP contribution in [0.25, 0.3) is 0 Å². The molecule has 1 aromatic rings. The fraction of sp³-hybridized carbons (Fsp3) is 0.625. The van der Waals surface area contributed by atoms with Gasteiger partial charge in [0.15, 0.2) is 0 Å². The predicted octanol–water partition coefficient (Wildman–Crippen LogP) is 2.00. The Hall–Kier alpha value is -0.900. The second-order valence-electron chi connectivity index (χ2n) is 5.31. The number of benzene rings is 1. The molecule has 4 atom stereocenters. The maximum absolute atomic E-state index is 10.2. The summed E-state index contributed by atoms with van der Waals surface area (Å²) in [7, 11) is 0. The van der Waals surface area contributed by atoms with Crippen LogP contribution in [0, 0.1) is 11.8 Å². The van der Waals surface area contributed by atoms with Crippen molar-refractivity contribution in [3.8, 4) is 0 Å². The topological polar surface area (TPSA) is 60.7 Å². The summed E-state index contributed by atoms with van der Waals surface area (Å²) < 4.78 is 0. The monoisotopic (exact) mass is 266 g/mol. The Kier molecular flexibility index (Phi) is 7.06. The molecule has 0 saturated heterocycles. The van der Waals surface area contributed by atoms with E-state index in [4.69, 9.17) is 5.11 Å². The summed E-state index contributed by atoms with van der Waals surface area (Å²) in [6.07, 6.45) is 0.966. The van der Waals surface area contributed by atoms with Crippen LogP contribution < -0.4 is 0 Å². The van der Waals surface area contributed by atoms with Gasteiger partial charge in [-0.05, 0) is 24.8 Å². The first kappa shape index (κ1) is 16.2. The highest BCUT2D eigenvalue weighted by Gasteiger charge is 2.28. The molecule has 108 valence electrons. The molecule has 0 saturated carbocycles. The first-order valence-corrected chi connectivity index (χ1v) is 7.11. The Labute approximate surface area is 115 Å². The van der Waals surface area contributed by atoms with Gasteiger partial charge in [-0.25, -0.2) is 0 Å². The molecule has 19 heavy (non-hydrogen) atoms. The Morgan fingerprint density at radius 2 is 1.74 bits per heavy atom. The van der Waals surface area contributed by atoms with Gasteiger partial charge in [0, 0.05) is 18.4 Å². The lowest BCUT2D eigenvalue weighted by molar-refractivity contribution is -0.0312. The van der Waals surface area contributed by atoms with Crippen molar-refractivity contribution in [3.63, 3.8) is 0 Å². The number of hydrogen-bond acceptors (Lipinski definition) is 3. The molecule has 1 rings (SSSR count). The first-order chi connectivity index (χ1) is 9.10. The molecule has 0 aliphatic carbocycles. The van der Waals surface area contributed by atoms with Crippen molar-refractivity contribution in [2.24, 2.45) is 11.8 Å². The second kappa shape index (κ2) is 8.31. The molecule has 0 aromatic heterocycles. The molecule has 3 N–H and O–H groups in total. The Morgan fingerprint density at radius 1 is 1.11 bits per heavy atom. The van der Waals surface area contributed by atoms with E-state index in [0.29, 0.717) is 12.8 Å². The van der Waals surface area contributed by atoms with Crippen molar-refractivity contribution in [2.45, 2.75) is 45.3 Å². The molecule has 0 unspecified atom stereocenters. The van der Waals surface area contributed by atoms with Crippen molar-refractivity contribution in [1.29, 1.82) is 0 Å². The number of aryl methyl sites for hydroxylation is 1. The maximum Gasteiger partial charge on any atom is 0.0640 e. The number of rotatable bonds is 8. The van der Waals surface area contributed by atoms with Gasteiger partial charge >= 0.3 is 0 Å². The minimum absolute atomic E-state index is 0.0525. The van der Waals surface area contributed by atoms with Crippen LogP contribution in [0.4, 0.5) is 0 Å². The fourth-order valence-corrected chi connectivity index (χ4v) is 2.44. The smallest absolute Gasteiger partial charge is 0.0640 e. The Bertz CT molecular complexity index is 339. The van der Waals surface area contributed by atoms with Gasteiger partial charge in [0.2, 0.25) is 0 Å². The van der Waals surface area contributed by atoms with Gasteiger partial charge in [0.1, 0.15) is 0 Å². The zero-order valence-electron chi connectivity index (χ0n) is 11.9. The highest BCUT2D eigenvalue weighted by Crippen LogP contribution is 2.23. The third kappa shape index (κ3) is 4.94. The predicted molar refractivity (Wildman–Crippen MR) is 76.8 cm³/mol. The third-order valence-electron chi connectivity index (χ3n) is 3.85. The molecule has 0 bridgehead atoms. The molecule has 0 aliphatic heterocycles. The van der Waals surface area contributed by atoms with E-state index < -0.39 is 12.2 Å². The molecule has 0 radical (unpaired) electrons. The molecule has 3 nitrogen and oxygen atoms in total. The maximum atomic E-state index is 10.2. The van der Waals surface area contributed by atoms with Gasteiger partial charge in [0.25, 0.3) is 0 Å². The standard InChI is InChI=1S/C16H26O3/c1-3-14(16(19)12(2)11-17)15(18)10-9-13-7-5-4-6-8-13/h4-8,12,14-19H,3,9-11H2,1-2H3/t12-,14+,15-,16+/m1/s1. The molecule has 1 aromatic carbocycles. The SMILES string of the molecule is CC[C@H]([C@@H](O)[C@H](C)CO)[C@H](O)CCc1ccccc1. The summed E-state index contributed by atoms with van der Waals surface area (Å²) in [5, 5.41) is 29.5. The fourth-order valence-electron chi connectivity index (χ4n) is 2.44.